The lowest BCUT2D eigenvalue weighted by molar-refractivity contribution is -0.158. The molecule has 1 heterocycles. The summed E-state index contributed by atoms with van der Waals surface area (Å²) in [6.07, 6.45) is 1.40. The molecule has 0 unspecified atom stereocenters. The van der Waals surface area contributed by atoms with Crippen LogP contribution in [0.5, 0.6) is 0 Å². The van der Waals surface area contributed by atoms with E-state index >= 15 is 0 Å². The van der Waals surface area contributed by atoms with Crippen molar-refractivity contribution in [3.63, 3.8) is 0 Å². The average Bonchev–Trinajstić information content (AvgIpc) is 3.07. The van der Waals surface area contributed by atoms with Crippen LogP contribution in [0.25, 0.3) is 0 Å². The molecule has 0 spiro atoms. The molecule has 0 fully saturated rings. The third kappa shape index (κ3) is 5.47. The van der Waals surface area contributed by atoms with Crippen LogP contribution in [0.1, 0.15) is 47.2 Å². The molecule has 7 heteroatoms. The van der Waals surface area contributed by atoms with E-state index in [1.165, 1.54) is 18.4 Å². The Bertz CT molecular complexity index is 802. The smallest absolute Gasteiger partial charge is 0.344 e. The van der Waals surface area contributed by atoms with Crippen LogP contribution < -0.4 is 5.32 Å². The van der Waals surface area contributed by atoms with Gasteiger partial charge in [-0.3, -0.25) is 4.79 Å². The van der Waals surface area contributed by atoms with Gasteiger partial charge in [0.1, 0.15) is 5.60 Å². The van der Waals surface area contributed by atoms with Gasteiger partial charge in [-0.2, -0.15) is 0 Å². The lowest BCUT2D eigenvalue weighted by Crippen LogP contribution is -2.27. The minimum absolute atomic E-state index is 0.155. The van der Waals surface area contributed by atoms with E-state index in [9.17, 15) is 14.4 Å². The SMILES string of the molecule is Cc1ccc(C(=O)OCC(=O)OC(C)(C)C)cc1NC(=O)c1ccco1. The highest BCUT2D eigenvalue weighted by atomic mass is 16.6. The Balaban J connectivity index is 2.02. The molecule has 0 saturated carbocycles. The minimum Gasteiger partial charge on any atom is -0.459 e. The van der Waals surface area contributed by atoms with Crippen molar-refractivity contribution in [2.24, 2.45) is 0 Å². The zero-order valence-corrected chi connectivity index (χ0v) is 15.1. The van der Waals surface area contributed by atoms with Crippen molar-refractivity contribution < 1.29 is 28.3 Å². The fourth-order valence-corrected chi connectivity index (χ4v) is 2.05. The number of aryl methyl sites for hydroxylation is 1. The van der Waals surface area contributed by atoms with Gasteiger partial charge in [0.2, 0.25) is 0 Å². The molecule has 0 bridgehead atoms. The largest absolute Gasteiger partial charge is 0.459 e. The Labute approximate surface area is 151 Å². The van der Waals surface area contributed by atoms with E-state index in [4.69, 9.17) is 13.9 Å². The summed E-state index contributed by atoms with van der Waals surface area (Å²) in [6.45, 7) is 6.47. The predicted octanol–water partition coefficient (Wildman–Crippen LogP) is 3.34. The second-order valence-electron chi connectivity index (χ2n) is 6.62. The number of rotatable bonds is 5. The van der Waals surface area contributed by atoms with Gasteiger partial charge in [-0.15, -0.1) is 0 Å². The van der Waals surface area contributed by atoms with Crippen molar-refractivity contribution in [1.82, 2.24) is 0 Å². The maximum atomic E-state index is 12.1. The molecule has 2 aromatic rings. The van der Waals surface area contributed by atoms with Gasteiger partial charge in [0.05, 0.1) is 11.8 Å². The Morgan fingerprint density at radius 2 is 1.88 bits per heavy atom. The van der Waals surface area contributed by atoms with E-state index in [0.29, 0.717) is 5.69 Å². The first kappa shape index (κ1) is 19.2. The van der Waals surface area contributed by atoms with Gasteiger partial charge in [0.25, 0.3) is 5.91 Å². The summed E-state index contributed by atoms with van der Waals surface area (Å²) in [7, 11) is 0. The molecule has 1 aromatic carbocycles. The highest BCUT2D eigenvalue weighted by Gasteiger charge is 2.19. The van der Waals surface area contributed by atoms with Crippen molar-refractivity contribution >= 4 is 23.5 Å². The lowest BCUT2D eigenvalue weighted by atomic mass is 10.1. The number of carbonyl (C=O) groups is 3. The zero-order valence-electron chi connectivity index (χ0n) is 15.1. The van der Waals surface area contributed by atoms with Crippen LogP contribution in [0.15, 0.2) is 41.0 Å². The fourth-order valence-electron chi connectivity index (χ4n) is 2.05. The number of hydrogen-bond acceptors (Lipinski definition) is 6. The van der Waals surface area contributed by atoms with Crippen LogP contribution in [0, 0.1) is 6.92 Å². The maximum Gasteiger partial charge on any atom is 0.344 e. The van der Waals surface area contributed by atoms with Gasteiger partial charge in [-0.1, -0.05) is 6.07 Å². The van der Waals surface area contributed by atoms with Crippen LogP contribution in [0.3, 0.4) is 0 Å². The van der Waals surface area contributed by atoms with E-state index in [1.807, 2.05) is 0 Å². The standard InChI is InChI=1S/C19H21NO6/c1-12-7-8-13(18(23)25-11-16(21)26-19(2,3)4)10-14(12)20-17(22)15-6-5-9-24-15/h5-10H,11H2,1-4H3,(H,20,22). The normalized spacial score (nSPS) is 10.9. The van der Waals surface area contributed by atoms with Gasteiger partial charge < -0.3 is 19.2 Å². The van der Waals surface area contributed by atoms with Crippen molar-refractivity contribution in [2.75, 3.05) is 11.9 Å². The third-order valence-electron chi connectivity index (χ3n) is 3.21. The number of carbonyl (C=O) groups excluding carboxylic acids is 3. The monoisotopic (exact) mass is 359 g/mol. The molecule has 1 N–H and O–H groups in total. The molecular formula is C19H21NO6. The summed E-state index contributed by atoms with van der Waals surface area (Å²) >= 11 is 0. The van der Waals surface area contributed by atoms with Crippen molar-refractivity contribution in [1.29, 1.82) is 0 Å². The van der Waals surface area contributed by atoms with Crippen molar-refractivity contribution in [2.45, 2.75) is 33.3 Å². The van der Waals surface area contributed by atoms with Gasteiger partial charge in [-0.05, 0) is 57.5 Å². The Kier molecular flexibility index (Phi) is 5.82. The summed E-state index contributed by atoms with van der Waals surface area (Å²) in [6, 6.07) is 7.83. The van der Waals surface area contributed by atoms with E-state index in [2.05, 4.69) is 5.32 Å². The molecular weight excluding hydrogens is 338 g/mol. The lowest BCUT2D eigenvalue weighted by Gasteiger charge is -2.19. The molecule has 1 aromatic heterocycles. The molecule has 0 aliphatic carbocycles. The summed E-state index contributed by atoms with van der Waals surface area (Å²) in [4.78, 5) is 35.8. The highest BCUT2D eigenvalue weighted by Crippen LogP contribution is 2.19. The second-order valence-corrected chi connectivity index (χ2v) is 6.62. The number of benzene rings is 1. The number of esters is 2. The van der Waals surface area contributed by atoms with E-state index in [0.717, 1.165) is 5.56 Å². The molecule has 7 nitrogen and oxygen atoms in total. The second kappa shape index (κ2) is 7.86. The molecule has 1 amide bonds. The Morgan fingerprint density at radius 1 is 1.15 bits per heavy atom. The maximum absolute atomic E-state index is 12.1. The van der Waals surface area contributed by atoms with Crippen molar-refractivity contribution in [3.05, 3.63) is 53.5 Å². The van der Waals surface area contributed by atoms with Gasteiger partial charge in [-0.25, -0.2) is 9.59 Å². The average molecular weight is 359 g/mol. The van der Waals surface area contributed by atoms with Gasteiger partial charge in [0, 0.05) is 5.69 Å². The third-order valence-corrected chi connectivity index (χ3v) is 3.21. The first-order valence-electron chi connectivity index (χ1n) is 8.00. The first-order chi connectivity index (χ1) is 12.2. The Morgan fingerprint density at radius 3 is 2.50 bits per heavy atom. The van der Waals surface area contributed by atoms with E-state index in [1.54, 1.807) is 45.9 Å². The molecule has 26 heavy (non-hydrogen) atoms. The summed E-state index contributed by atoms with van der Waals surface area (Å²) in [5.74, 6) is -1.60. The summed E-state index contributed by atoms with van der Waals surface area (Å²) < 4.78 is 15.1. The molecule has 138 valence electrons. The highest BCUT2D eigenvalue weighted by molar-refractivity contribution is 6.03. The summed E-state index contributed by atoms with van der Waals surface area (Å²) in [5.41, 5.74) is 0.747. The minimum atomic E-state index is -0.690. The zero-order chi connectivity index (χ0) is 19.3. The fraction of sp³-hybridized carbons (Fsp3) is 0.316. The Hall–Kier alpha value is -3.09. The van der Waals surface area contributed by atoms with Crippen LogP contribution in [-0.4, -0.2) is 30.1 Å². The number of anilines is 1. The topological polar surface area (TPSA) is 94.8 Å². The molecule has 0 aliphatic rings. The van der Waals surface area contributed by atoms with Crippen molar-refractivity contribution in [3.8, 4) is 0 Å². The molecule has 0 aliphatic heterocycles. The molecule has 0 radical (unpaired) electrons. The number of ether oxygens (including phenoxy) is 2. The number of furan rings is 1. The molecule has 0 saturated heterocycles. The van der Waals surface area contributed by atoms with Crippen LogP contribution >= 0.6 is 0 Å². The van der Waals surface area contributed by atoms with Crippen LogP contribution in [0.2, 0.25) is 0 Å². The number of amides is 1. The van der Waals surface area contributed by atoms with Gasteiger partial charge in [0.15, 0.2) is 12.4 Å². The predicted molar refractivity (Wildman–Crippen MR) is 94.0 cm³/mol. The van der Waals surface area contributed by atoms with Gasteiger partial charge >= 0.3 is 11.9 Å². The van der Waals surface area contributed by atoms with Crippen LogP contribution in [0.4, 0.5) is 5.69 Å². The van der Waals surface area contributed by atoms with Crippen LogP contribution in [-0.2, 0) is 14.3 Å². The summed E-state index contributed by atoms with van der Waals surface area (Å²) in [5, 5.41) is 2.67. The molecule has 0 atom stereocenters. The number of hydrogen-bond donors (Lipinski definition) is 1. The van der Waals surface area contributed by atoms with E-state index in [-0.39, 0.29) is 11.3 Å². The first-order valence-corrected chi connectivity index (χ1v) is 8.00. The quantitative estimate of drug-likeness (QED) is 0.823. The number of nitrogens with one attached hydrogen (secondary N) is 1. The molecule has 2 rings (SSSR count). The van der Waals surface area contributed by atoms with E-state index < -0.39 is 30.1 Å².